The lowest BCUT2D eigenvalue weighted by Crippen LogP contribution is -2.38. The van der Waals surface area contributed by atoms with Gasteiger partial charge in [-0.15, -0.1) is 10.2 Å². The zero-order valence-corrected chi connectivity index (χ0v) is 18.7. The van der Waals surface area contributed by atoms with E-state index in [1.165, 1.54) is 22.9 Å². The average Bonchev–Trinajstić information content (AvgIpc) is 3.17. The van der Waals surface area contributed by atoms with Crippen LogP contribution in [0.15, 0.2) is 53.7 Å². The molecule has 0 radical (unpaired) electrons. The van der Waals surface area contributed by atoms with Crippen LogP contribution in [0.4, 0.5) is 0 Å². The Kier molecular flexibility index (Phi) is 6.23. The largest absolute Gasteiger partial charge is 0.342 e. The van der Waals surface area contributed by atoms with E-state index >= 15 is 0 Å². The molecule has 3 aromatic rings. The summed E-state index contributed by atoms with van der Waals surface area (Å²) in [6.45, 7) is 8.13. The lowest BCUT2D eigenvalue weighted by atomic mass is 9.99. The van der Waals surface area contributed by atoms with Crippen LogP contribution in [0.3, 0.4) is 0 Å². The molecule has 1 aromatic heterocycles. The molecule has 0 saturated carbocycles. The maximum atomic E-state index is 12.7. The molecule has 2 heterocycles. The molecule has 1 aliphatic rings. The van der Waals surface area contributed by atoms with Gasteiger partial charge in [0, 0.05) is 24.3 Å². The van der Waals surface area contributed by atoms with Crippen LogP contribution < -0.4 is 0 Å². The van der Waals surface area contributed by atoms with Gasteiger partial charge in [-0.05, 0) is 50.8 Å². The molecular weight excluding hydrogens is 392 g/mol. The van der Waals surface area contributed by atoms with Crippen molar-refractivity contribution in [2.45, 2.75) is 38.8 Å². The molecule has 1 saturated heterocycles. The van der Waals surface area contributed by atoms with E-state index in [9.17, 15) is 4.79 Å². The van der Waals surface area contributed by atoms with Gasteiger partial charge >= 0.3 is 0 Å². The number of amides is 1. The summed E-state index contributed by atoms with van der Waals surface area (Å²) in [6.07, 6.45) is 2.18. The highest BCUT2D eigenvalue weighted by atomic mass is 32.2. The van der Waals surface area contributed by atoms with Crippen LogP contribution in [0.1, 0.15) is 30.9 Å². The van der Waals surface area contributed by atoms with Crippen molar-refractivity contribution in [2.75, 3.05) is 18.8 Å². The molecule has 0 atom stereocenters. The van der Waals surface area contributed by atoms with Gasteiger partial charge in [0.05, 0.1) is 5.75 Å². The first kappa shape index (κ1) is 20.7. The number of nitrogens with zero attached hydrogens (tertiary/aromatic N) is 4. The summed E-state index contributed by atoms with van der Waals surface area (Å²) in [7, 11) is 0. The average molecular weight is 421 g/mol. The third-order valence-corrected chi connectivity index (χ3v) is 6.58. The molecule has 1 fully saturated rings. The summed E-state index contributed by atoms with van der Waals surface area (Å²) >= 11 is 1.47. The van der Waals surface area contributed by atoms with Gasteiger partial charge in [0.1, 0.15) is 0 Å². The SMILES string of the molecule is Cc1ccc(-n2c(SCC(=O)N3CCC(C)CC3)nnc2-c2cccc(C)c2)cc1. The first-order valence-corrected chi connectivity index (χ1v) is 11.5. The highest BCUT2D eigenvalue weighted by Gasteiger charge is 2.22. The summed E-state index contributed by atoms with van der Waals surface area (Å²) < 4.78 is 2.06. The Hall–Kier alpha value is -2.60. The highest BCUT2D eigenvalue weighted by molar-refractivity contribution is 7.99. The molecule has 5 nitrogen and oxygen atoms in total. The standard InChI is InChI=1S/C24H28N4OS/c1-17-7-9-21(10-8-17)28-23(20-6-4-5-19(3)15-20)25-26-24(28)30-16-22(29)27-13-11-18(2)12-14-27/h4-10,15,18H,11-14,16H2,1-3H3. The van der Waals surface area contributed by atoms with Gasteiger partial charge in [-0.2, -0.15) is 0 Å². The van der Waals surface area contributed by atoms with Gasteiger partial charge in [0.2, 0.25) is 5.91 Å². The molecule has 0 spiro atoms. The zero-order valence-electron chi connectivity index (χ0n) is 17.8. The number of carbonyl (C=O) groups is 1. The number of thioether (sulfide) groups is 1. The number of hydrogen-bond acceptors (Lipinski definition) is 4. The first-order valence-electron chi connectivity index (χ1n) is 10.5. The second-order valence-corrected chi connectivity index (χ2v) is 9.14. The lowest BCUT2D eigenvalue weighted by molar-refractivity contribution is -0.129. The van der Waals surface area contributed by atoms with E-state index in [-0.39, 0.29) is 5.91 Å². The summed E-state index contributed by atoms with van der Waals surface area (Å²) in [5.41, 5.74) is 4.40. The summed E-state index contributed by atoms with van der Waals surface area (Å²) in [5.74, 6) is 2.07. The molecule has 1 amide bonds. The van der Waals surface area contributed by atoms with E-state index < -0.39 is 0 Å². The van der Waals surface area contributed by atoms with E-state index in [2.05, 4.69) is 78.0 Å². The molecule has 156 valence electrons. The van der Waals surface area contributed by atoms with E-state index in [4.69, 9.17) is 0 Å². The van der Waals surface area contributed by atoms with Crippen molar-refractivity contribution < 1.29 is 4.79 Å². The van der Waals surface area contributed by atoms with Crippen LogP contribution in [-0.2, 0) is 4.79 Å². The minimum atomic E-state index is 0.183. The fourth-order valence-electron chi connectivity index (χ4n) is 3.74. The van der Waals surface area contributed by atoms with Crippen molar-refractivity contribution in [1.29, 1.82) is 0 Å². The Balaban J connectivity index is 1.61. The summed E-state index contributed by atoms with van der Waals surface area (Å²) in [6, 6.07) is 16.6. The number of carbonyl (C=O) groups excluding carboxylic acids is 1. The van der Waals surface area contributed by atoms with Crippen molar-refractivity contribution in [3.05, 3.63) is 59.7 Å². The second-order valence-electron chi connectivity index (χ2n) is 8.20. The number of rotatable bonds is 5. The molecule has 0 N–H and O–H groups in total. The van der Waals surface area contributed by atoms with Crippen molar-refractivity contribution in [1.82, 2.24) is 19.7 Å². The fraction of sp³-hybridized carbons (Fsp3) is 0.375. The normalized spacial score (nSPS) is 14.8. The monoisotopic (exact) mass is 420 g/mol. The van der Waals surface area contributed by atoms with Crippen LogP contribution in [-0.4, -0.2) is 44.4 Å². The van der Waals surface area contributed by atoms with E-state index in [1.807, 2.05) is 11.0 Å². The fourth-order valence-corrected chi connectivity index (χ4v) is 4.59. The number of hydrogen-bond donors (Lipinski definition) is 0. The molecule has 2 aromatic carbocycles. The minimum absolute atomic E-state index is 0.183. The predicted octanol–water partition coefficient (Wildman–Crippen LogP) is 4.90. The van der Waals surface area contributed by atoms with E-state index in [0.717, 1.165) is 48.2 Å². The number of piperidine rings is 1. The Morgan fingerprint density at radius 2 is 1.77 bits per heavy atom. The Bertz CT molecular complexity index is 1020. The van der Waals surface area contributed by atoms with Crippen LogP contribution in [0.2, 0.25) is 0 Å². The molecule has 0 unspecified atom stereocenters. The molecule has 4 rings (SSSR count). The third-order valence-electron chi connectivity index (χ3n) is 5.66. The molecule has 1 aliphatic heterocycles. The Morgan fingerprint density at radius 3 is 2.47 bits per heavy atom. The predicted molar refractivity (Wildman–Crippen MR) is 122 cm³/mol. The van der Waals surface area contributed by atoms with Gasteiger partial charge in [-0.25, -0.2) is 0 Å². The third kappa shape index (κ3) is 4.59. The van der Waals surface area contributed by atoms with Crippen molar-refractivity contribution in [3.63, 3.8) is 0 Å². The van der Waals surface area contributed by atoms with Crippen LogP contribution >= 0.6 is 11.8 Å². The van der Waals surface area contributed by atoms with Crippen molar-refractivity contribution in [2.24, 2.45) is 5.92 Å². The van der Waals surface area contributed by atoms with Gasteiger partial charge in [0.25, 0.3) is 0 Å². The van der Waals surface area contributed by atoms with Crippen LogP contribution in [0, 0.1) is 19.8 Å². The Labute approximate surface area is 182 Å². The summed E-state index contributed by atoms with van der Waals surface area (Å²) in [5, 5.41) is 9.69. The number of aryl methyl sites for hydroxylation is 2. The topological polar surface area (TPSA) is 51.0 Å². The molecule has 0 aliphatic carbocycles. The van der Waals surface area contributed by atoms with Gasteiger partial charge in [-0.3, -0.25) is 9.36 Å². The van der Waals surface area contributed by atoms with Gasteiger partial charge in [-0.1, -0.05) is 60.1 Å². The van der Waals surface area contributed by atoms with E-state index in [1.54, 1.807) is 0 Å². The number of benzene rings is 2. The Morgan fingerprint density at radius 1 is 1.03 bits per heavy atom. The molecule has 6 heteroatoms. The van der Waals surface area contributed by atoms with Gasteiger partial charge in [0.15, 0.2) is 11.0 Å². The van der Waals surface area contributed by atoms with Crippen LogP contribution in [0.25, 0.3) is 17.1 Å². The molecule has 30 heavy (non-hydrogen) atoms. The number of aromatic nitrogens is 3. The molecular formula is C24H28N4OS. The van der Waals surface area contributed by atoms with Crippen molar-refractivity contribution >= 4 is 17.7 Å². The zero-order chi connectivity index (χ0) is 21.1. The quantitative estimate of drug-likeness (QED) is 0.551. The van der Waals surface area contributed by atoms with Crippen LogP contribution in [0.5, 0.6) is 0 Å². The summed E-state index contributed by atoms with van der Waals surface area (Å²) in [4.78, 5) is 14.7. The first-order chi connectivity index (χ1) is 14.5. The maximum Gasteiger partial charge on any atom is 0.233 e. The minimum Gasteiger partial charge on any atom is -0.342 e. The number of likely N-dealkylation sites (tertiary alicyclic amines) is 1. The maximum absolute atomic E-state index is 12.7. The van der Waals surface area contributed by atoms with E-state index in [0.29, 0.717) is 11.7 Å². The molecule has 0 bridgehead atoms. The second kappa shape index (κ2) is 9.04. The lowest BCUT2D eigenvalue weighted by Gasteiger charge is -2.30. The smallest absolute Gasteiger partial charge is 0.233 e. The van der Waals surface area contributed by atoms with Crippen molar-refractivity contribution in [3.8, 4) is 17.1 Å². The highest BCUT2D eigenvalue weighted by Crippen LogP contribution is 2.29. The van der Waals surface area contributed by atoms with Gasteiger partial charge < -0.3 is 4.90 Å².